The summed E-state index contributed by atoms with van der Waals surface area (Å²) < 4.78 is 29.0. The van der Waals surface area contributed by atoms with Crippen molar-refractivity contribution in [2.24, 2.45) is 0 Å². The van der Waals surface area contributed by atoms with Crippen molar-refractivity contribution in [3.8, 4) is 0 Å². The number of nitrogens with zero attached hydrogens (tertiary/aromatic N) is 2. The van der Waals surface area contributed by atoms with Crippen LogP contribution in [-0.2, 0) is 32.6 Å². The lowest BCUT2D eigenvalue weighted by Crippen LogP contribution is -2.53. The zero-order valence-electron chi connectivity index (χ0n) is 23.3. The van der Waals surface area contributed by atoms with E-state index in [4.69, 9.17) is 34.8 Å². The van der Waals surface area contributed by atoms with Crippen LogP contribution in [0.25, 0.3) is 0 Å². The molecule has 0 aromatic heterocycles. The highest BCUT2D eigenvalue weighted by Crippen LogP contribution is 2.35. The van der Waals surface area contributed by atoms with E-state index < -0.39 is 28.5 Å². The third-order valence-electron chi connectivity index (χ3n) is 6.73. The molecule has 0 radical (unpaired) electrons. The Hall–Kier alpha value is -3.56. The molecule has 0 aliphatic heterocycles. The molecule has 0 heterocycles. The van der Waals surface area contributed by atoms with Crippen molar-refractivity contribution in [2.75, 3.05) is 17.4 Å². The molecule has 7 nitrogen and oxygen atoms in total. The van der Waals surface area contributed by atoms with E-state index in [2.05, 4.69) is 5.32 Å². The predicted octanol–water partition coefficient (Wildman–Crippen LogP) is 6.62. The summed E-state index contributed by atoms with van der Waals surface area (Å²) in [5.41, 5.74) is 1.45. The third kappa shape index (κ3) is 7.89. The van der Waals surface area contributed by atoms with Crippen LogP contribution < -0.4 is 9.62 Å². The number of hydrogen-bond acceptors (Lipinski definition) is 4. The van der Waals surface area contributed by atoms with E-state index in [-0.39, 0.29) is 39.5 Å². The van der Waals surface area contributed by atoms with Crippen LogP contribution in [0.5, 0.6) is 0 Å². The normalized spacial score (nSPS) is 11.9. The number of carbonyl (C=O) groups excluding carboxylic acids is 2. The zero-order chi connectivity index (χ0) is 31.0. The molecule has 0 saturated carbocycles. The molecule has 0 aliphatic rings. The first-order chi connectivity index (χ1) is 20.6. The molecule has 0 aliphatic carbocycles. The zero-order valence-corrected chi connectivity index (χ0v) is 26.4. The van der Waals surface area contributed by atoms with Crippen molar-refractivity contribution in [3.63, 3.8) is 0 Å². The van der Waals surface area contributed by atoms with E-state index in [9.17, 15) is 18.0 Å². The molecule has 4 aromatic carbocycles. The molecule has 1 unspecified atom stereocenters. The Labute approximate surface area is 267 Å². The lowest BCUT2D eigenvalue weighted by molar-refractivity contribution is -0.140. The first-order valence-corrected chi connectivity index (χ1v) is 16.1. The number of anilines is 1. The van der Waals surface area contributed by atoms with Crippen molar-refractivity contribution < 1.29 is 18.0 Å². The van der Waals surface area contributed by atoms with Crippen LogP contribution in [0.3, 0.4) is 0 Å². The average Bonchev–Trinajstić information content (AvgIpc) is 3.01. The number of carbonyl (C=O) groups is 2. The van der Waals surface area contributed by atoms with Crippen LogP contribution in [0.4, 0.5) is 5.69 Å². The molecule has 0 fully saturated rings. The fourth-order valence-corrected chi connectivity index (χ4v) is 6.66. The van der Waals surface area contributed by atoms with Gasteiger partial charge in [-0.15, -0.1) is 0 Å². The molecule has 4 aromatic rings. The van der Waals surface area contributed by atoms with Crippen LogP contribution in [0.2, 0.25) is 15.1 Å². The van der Waals surface area contributed by atoms with Crippen molar-refractivity contribution in [3.05, 3.63) is 129 Å². The summed E-state index contributed by atoms with van der Waals surface area (Å²) in [6.07, 6.45) is 0.187. The Morgan fingerprint density at radius 2 is 1.40 bits per heavy atom. The minimum atomic E-state index is -4.30. The van der Waals surface area contributed by atoms with Crippen LogP contribution in [0.1, 0.15) is 18.1 Å². The van der Waals surface area contributed by atoms with Gasteiger partial charge < -0.3 is 10.2 Å². The van der Waals surface area contributed by atoms with Gasteiger partial charge in [-0.3, -0.25) is 13.9 Å². The molecule has 1 N–H and O–H groups in total. The number of likely N-dealkylation sites (N-methyl/N-ethyl adjacent to an activating group) is 1. The quantitative estimate of drug-likeness (QED) is 0.185. The van der Waals surface area contributed by atoms with E-state index in [1.807, 2.05) is 30.3 Å². The van der Waals surface area contributed by atoms with Crippen LogP contribution in [0.15, 0.2) is 108 Å². The van der Waals surface area contributed by atoms with Crippen LogP contribution >= 0.6 is 34.8 Å². The fourth-order valence-electron chi connectivity index (χ4n) is 4.57. The number of amides is 2. The largest absolute Gasteiger partial charge is 0.355 e. The molecule has 4 rings (SSSR count). The monoisotopic (exact) mass is 657 g/mol. The molecular weight excluding hydrogens is 629 g/mol. The fraction of sp³-hybridized carbons (Fsp3) is 0.188. The SMILES string of the molecule is CCNC(=O)C(Cc1ccccc1)N(Cc1ccccc1Cl)C(=O)CN(c1cccc(Cl)c1Cl)S(=O)(=O)c1ccccc1. The van der Waals surface area contributed by atoms with Gasteiger partial charge in [0.15, 0.2) is 0 Å². The van der Waals surface area contributed by atoms with E-state index in [1.54, 1.807) is 55.5 Å². The molecular formula is C32H30Cl3N3O4S. The number of hydrogen-bond donors (Lipinski definition) is 1. The van der Waals surface area contributed by atoms with E-state index in [1.165, 1.54) is 29.2 Å². The number of halogens is 3. The first kappa shape index (κ1) is 32.4. The maximum atomic E-state index is 14.4. The third-order valence-corrected chi connectivity index (χ3v) is 9.68. The van der Waals surface area contributed by atoms with Crippen molar-refractivity contribution >= 4 is 62.3 Å². The van der Waals surface area contributed by atoms with Gasteiger partial charge in [-0.05, 0) is 48.4 Å². The van der Waals surface area contributed by atoms with Crippen LogP contribution in [-0.4, -0.2) is 44.3 Å². The Morgan fingerprint density at radius 1 is 0.791 bits per heavy atom. The summed E-state index contributed by atoms with van der Waals surface area (Å²) in [6.45, 7) is 1.42. The Morgan fingerprint density at radius 3 is 2.05 bits per heavy atom. The lowest BCUT2D eigenvalue weighted by Gasteiger charge is -2.34. The summed E-state index contributed by atoms with van der Waals surface area (Å²) in [4.78, 5) is 29.2. The van der Waals surface area contributed by atoms with Crippen molar-refractivity contribution in [2.45, 2.75) is 30.8 Å². The minimum absolute atomic E-state index is 0.0290. The molecule has 0 bridgehead atoms. The summed E-state index contributed by atoms with van der Waals surface area (Å²) in [5, 5.41) is 3.32. The van der Waals surface area contributed by atoms with Gasteiger partial charge >= 0.3 is 0 Å². The predicted molar refractivity (Wildman–Crippen MR) is 172 cm³/mol. The summed E-state index contributed by atoms with van der Waals surface area (Å²) in [7, 11) is -4.30. The van der Waals surface area contributed by atoms with Gasteiger partial charge in [0.05, 0.1) is 20.6 Å². The first-order valence-electron chi connectivity index (χ1n) is 13.5. The van der Waals surface area contributed by atoms with E-state index in [0.29, 0.717) is 17.1 Å². The number of nitrogens with one attached hydrogen (secondary N) is 1. The average molecular weight is 659 g/mol. The summed E-state index contributed by atoms with van der Waals surface area (Å²) in [5.74, 6) is -1.02. The molecule has 43 heavy (non-hydrogen) atoms. The number of benzene rings is 4. The molecule has 0 spiro atoms. The smallest absolute Gasteiger partial charge is 0.264 e. The molecule has 0 saturated heterocycles. The maximum Gasteiger partial charge on any atom is 0.264 e. The van der Waals surface area contributed by atoms with Gasteiger partial charge in [-0.25, -0.2) is 8.42 Å². The Kier molecular flexibility index (Phi) is 11.1. The molecule has 2 amide bonds. The second-order valence-corrected chi connectivity index (χ2v) is 12.7. The van der Waals surface area contributed by atoms with Gasteiger partial charge in [-0.1, -0.05) is 108 Å². The second-order valence-electron chi connectivity index (χ2n) is 9.61. The van der Waals surface area contributed by atoms with E-state index in [0.717, 1.165) is 9.87 Å². The Balaban J connectivity index is 1.83. The Bertz CT molecular complexity index is 1670. The highest BCUT2D eigenvalue weighted by atomic mass is 35.5. The summed E-state index contributed by atoms with van der Waals surface area (Å²) >= 11 is 19.3. The molecule has 11 heteroatoms. The summed E-state index contributed by atoms with van der Waals surface area (Å²) in [6, 6.07) is 27.6. The van der Waals surface area contributed by atoms with Crippen molar-refractivity contribution in [1.82, 2.24) is 10.2 Å². The van der Waals surface area contributed by atoms with Crippen LogP contribution in [0, 0.1) is 0 Å². The highest BCUT2D eigenvalue weighted by Gasteiger charge is 2.35. The topological polar surface area (TPSA) is 86.8 Å². The standard InChI is InChI=1S/C32H30Cl3N3O4S/c1-2-36-32(40)29(20-23-12-5-3-6-13-23)37(21-24-14-9-10-17-26(24)33)30(39)22-38(28-19-11-18-27(34)31(28)35)43(41,42)25-15-7-4-8-16-25/h3-19,29H,2,20-22H2,1H3,(H,36,40). The van der Waals surface area contributed by atoms with Gasteiger partial charge in [0.1, 0.15) is 12.6 Å². The molecule has 224 valence electrons. The van der Waals surface area contributed by atoms with Gasteiger partial charge in [0, 0.05) is 24.5 Å². The van der Waals surface area contributed by atoms with E-state index >= 15 is 0 Å². The van der Waals surface area contributed by atoms with Gasteiger partial charge in [0.25, 0.3) is 10.0 Å². The van der Waals surface area contributed by atoms with Gasteiger partial charge in [0.2, 0.25) is 11.8 Å². The number of sulfonamides is 1. The highest BCUT2D eigenvalue weighted by molar-refractivity contribution is 7.92. The van der Waals surface area contributed by atoms with Crippen molar-refractivity contribution in [1.29, 1.82) is 0 Å². The maximum absolute atomic E-state index is 14.4. The van der Waals surface area contributed by atoms with Gasteiger partial charge in [-0.2, -0.15) is 0 Å². The minimum Gasteiger partial charge on any atom is -0.355 e. The number of rotatable bonds is 12. The molecule has 1 atom stereocenters. The second kappa shape index (κ2) is 14.8. The lowest BCUT2D eigenvalue weighted by atomic mass is 10.0.